The molecule has 8 rings (SSSR count). The Balaban J connectivity index is 0.658. The van der Waals surface area contributed by atoms with E-state index in [0.717, 1.165) is 132 Å². The Morgan fingerprint density at radius 2 is 1.57 bits per heavy atom. The molecule has 1 atom stereocenters. The summed E-state index contributed by atoms with van der Waals surface area (Å²) in [6.07, 6.45) is 18.1. The van der Waals surface area contributed by atoms with Gasteiger partial charge in [-0.05, 0) is 105 Å². The van der Waals surface area contributed by atoms with Gasteiger partial charge in [-0.15, -0.1) is 22.0 Å². The van der Waals surface area contributed by atoms with Crippen LogP contribution in [0.2, 0.25) is 0 Å². The van der Waals surface area contributed by atoms with Gasteiger partial charge in [0.15, 0.2) is 11.5 Å². The molecule has 1 aromatic carbocycles. The van der Waals surface area contributed by atoms with Gasteiger partial charge in [-0.1, -0.05) is 37.8 Å². The zero-order chi connectivity index (χ0) is 48.1. The van der Waals surface area contributed by atoms with Crippen LogP contribution in [0.15, 0.2) is 65.8 Å². The number of carbonyl (C=O) groups excluding carboxylic acids is 7. The zero-order valence-corrected chi connectivity index (χ0v) is 40.2. The fourth-order valence-corrected chi connectivity index (χ4v) is 11.2. The van der Waals surface area contributed by atoms with E-state index in [1.807, 2.05) is 40.1 Å². The van der Waals surface area contributed by atoms with E-state index >= 15 is 0 Å². The number of aromatic nitrogens is 3. The second kappa shape index (κ2) is 24.0. The van der Waals surface area contributed by atoms with E-state index in [-0.39, 0.29) is 30.6 Å². The maximum absolute atomic E-state index is 13.4. The van der Waals surface area contributed by atoms with Crippen LogP contribution in [-0.2, 0) is 19.2 Å². The van der Waals surface area contributed by atoms with E-state index in [1.165, 1.54) is 11.8 Å². The van der Waals surface area contributed by atoms with Crippen LogP contribution < -0.4 is 15.5 Å². The van der Waals surface area contributed by atoms with Crippen molar-refractivity contribution in [3.8, 4) is 0 Å². The lowest BCUT2D eigenvalue weighted by Gasteiger charge is -2.43. The molecule has 17 nitrogen and oxygen atoms in total. The summed E-state index contributed by atoms with van der Waals surface area (Å²) in [6, 6.07) is 12.2. The lowest BCUT2D eigenvalue weighted by atomic mass is 9.91. The van der Waals surface area contributed by atoms with Crippen molar-refractivity contribution in [1.29, 1.82) is 0 Å². The molecule has 0 radical (unpaired) electrons. The number of thioether (sulfide) groups is 1. The molecule has 5 aliphatic heterocycles. The molecular weight excluding hydrogens is 897 g/mol. The first-order valence-electron chi connectivity index (χ1n) is 24.9. The fourth-order valence-electron chi connectivity index (χ4n) is 10.1. The molecule has 4 saturated heterocycles. The molecule has 2 aromatic heterocycles. The van der Waals surface area contributed by atoms with E-state index in [1.54, 1.807) is 36.7 Å². The highest BCUT2D eigenvalue weighted by Gasteiger charge is 2.45. The van der Waals surface area contributed by atoms with Crippen LogP contribution in [0.1, 0.15) is 127 Å². The van der Waals surface area contributed by atoms with Gasteiger partial charge in [-0.2, -0.15) is 0 Å². The summed E-state index contributed by atoms with van der Waals surface area (Å²) in [5, 5.41) is 14.0. The number of benzene rings is 1. The molecule has 0 aliphatic carbocycles. The fraction of sp³-hybridized carbons (Fsp3) is 0.529. The molecule has 0 saturated carbocycles. The summed E-state index contributed by atoms with van der Waals surface area (Å²) in [5.41, 5.74) is 1.91. The van der Waals surface area contributed by atoms with Crippen LogP contribution in [0.5, 0.6) is 0 Å². The quantitative estimate of drug-likeness (QED) is 0.0707. The number of hydrogen-bond acceptors (Lipinski definition) is 13. The minimum Gasteiger partial charge on any atom is -0.355 e. The summed E-state index contributed by atoms with van der Waals surface area (Å²) in [5.74, 6) is 0.185. The maximum atomic E-state index is 13.4. The summed E-state index contributed by atoms with van der Waals surface area (Å²) in [4.78, 5) is 104. The number of anilines is 1. The number of hydrogen-bond donors (Lipinski definition) is 2. The first-order chi connectivity index (χ1) is 33.6. The van der Waals surface area contributed by atoms with Crippen LogP contribution in [0.25, 0.3) is 6.08 Å². The van der Waals surface area contributed by atoms with Crippen LogP contribution in [0.4, 0.5) is 5.82 Å². The van der Waals surface area contributed by atoms with Gasteiger partial charge in [-0.25, -0.2) is 0 Å². The standard InChI is InChI=1S/C51H64N10O7S/c62-44(18-14-37-10-8-24-52-35-37)53-25-5-4-9-36-20-26-60(27-21-36)50(67)40-15-17-43(56-55-40)58-28-22-38(23-29-58)57-30-32-59(33-31-57)46(64)13-3-1-2-6-34-69-42-12-7-11-39-47(42)51(68)61(49(39)66)41-16-19-45(63)54-48(41)65/h7-8,10-12,14-15,17-18,24,35-36,38,41H,1-6,9,13,16,19-23,25-34H2,(H,53,62)(H,54,63,65)/b18-14+. The molecule has 7 amide bonds. The first kappa shape index (κ1) is 49.4. The van der Waals surface area contributed by atoms with Gasteiger partial charge in [0, 0.05) is 101 Å². The smallest absolute Gasteiger partial charge is 0.274 e. The number of nitrogens with zero attached hydrogens (tertiary/aromatic N) is 8. The van der Waals surface area contributed by atoms with Gasteiger partial charge in [0.2, 0.25) is 23.6 Å². The summed E-state index contributed by atoms with van der Waals surface area (Å²) in [7, 11) is 0. The second-order valence-electron chi connectivity index (χ2n) is 18.7. The average molecular weight is 961 g/mol. The summed E-state index contributed by atoms with van der Waals surface area (Å²) < 4.78 is 0. The number of piperidine rings is 3. The van der Waals surface area contributed by atoms with Gasteiger partial charge in [0.25, 0.3) is 17.7 Å². The monoisotopic (exact) mass is 960 g/mol. The number of piperazine rings is 1. The van der Waals surface area contributed by atoms with Crippen LogP contribution >= 0.6 is 11.8 Å². The maximum Gasteiger partial charge on any atom is 0.274 e. The topological polar surface area (TPSA) is 198 Å². The highest BCUT2D eigenvalue weighted by atomic mass is 32.2. The molecule has 0 spiro atoms. The Bertz CT molecular complexity index is 2340. The van der Waals surface area contributed by atoms with Crippen molar-refractivity contribution < 1.29 is 33.6 Å². The van der Waals surface area contributed by atoms with E-state index in [4.69, 9.17) is 0 Å². The van der Waals surface area contributed by atoms with Crippen molar-refractivity contribution in [2.45, 2.75) is 107 Å². The number of amides is 7. The van der Waals surface area contributed by atoms with Crippen molar-refractivity contribution in [1.82, 2.24) is 45.4 Å². The highest BCUT2D eigenvalue weighted by molar-refractivity contribution is 7.99. The lowest BCUT2D eigenvalue weighted by molar-refractivity contribution is -0.136. The largest absolute Gasteiger partial charge is 0.355 e. The third kappa shape index (κ3) is 12.8. The second-order valence-corrected chi connectivity index (χ2v) is 19.8. The van der Waals surface area contributed by atoms with E-state index in [2.05, 4.69) is 35.6 Å². The number of unbranched alkanes of at least 4 members (excludes halogenated alkanes) is 4. The van der Waals surface area contributed by atoms with Gasteiger partial charge in [0.05, 0.1) is 11.1 Å². The molecule has 5 aliphatic rings. The van der Waals surface area contributed by atoms with E-state index < -0.39 is 29.7 Å². The normalized spacial score (nSPS) is 19.6. The van der Waals surface area contributed by atoms with E-state index in [0.29, 0.717) is 59.7 Å². The Morgan fingerprint density at radius 1 is 0.768 bits per heavy atom. The SMILES string of the molecule is O=C(/C=C/c1cccnc1)NCCCCC1CCN(C(=O)c2ccc(N3CCC(N4CCN(C(=O)CCCCCCSc5cccc6c5C(=O)N(C5CCC(=O)NC5=O)C6=O)CC4)CC3)nn2)CC1. The van der Waals surface area contributed by atoms with Gasteiger partial charge < -0.3 is 20.0 Å². The third-order valence-electron chi connectivity index (χ3n) is 14.2. The third-order valence-corrected chi connectivity index (χ3v) is 15.3. The Kier molecular flexibility index (Phi) is 17.2. The summed E-state index contributed by atoms with van der Waals surface area (Å²) in [6.45, 7) is 7.03. The number of pyridine rings is 1. The minimum absolute atomic E-state index is 0.0614. The molecule has 69 heavy (non-hydrogen) atoms. The number of fused-ring (bicyclic) bond motifs is 1. The van der Waals surface area contributed by atoms with Crippen molar-refractivity contribution in [3.63, 3.8) is 0 Å². The van der Waals surface area contributed by atoms with E-state index in [9.17, 15) is 33.6 Å². The number of likely N-dealkylation sites (tertiary alicyclic amines) is 1. The van der Waals surface area contributed by atoms with Crippen LogP contribution in [0, 0.1) is 5.92 Å². The van der Waals surface area contributed by atoms with Gasteiger partial charge in [0.1, 0.15) is 6.04 Å². The Hall–Kier alpha value is -6.01. The van der Waals surface area contributed by atoms with Crippen LogP contribution in [0.3, 0.4) is 0 Å². The molecular formula is C51H64N10O7S. The minimum atomic E-state index is -0.983. The molecule has 7 heterocycles. The van der Waals surface area contributed by atoms with Crippen molar-refractivity contribution in [3.05, 3.63) is 83.3 Å². The van der Waals surface area contributed by atoms with Crippen molar-refractivity contribution in [2.24, 2.45) is 5.92 Å². The van der Waals surface area contributed by atoms with Crippen LogP contribution in [-0.4, -0.2) is 153 Å². The average Bonchev–Trinajstić information content (AvgIpc) is 3.64. The number of nitrogens with one attached hydrogen (secondary N) is 2. The molecule has 1 unspecified atom stereocenters. The van der Waals surface area contributed by atoms with Gasteiger partial charge in [-0.3, -0.25) is 53.7 Å². The van der Waals surface area contributed by atoms with Crippen molar-refractivity contribution in [2.75, 3.05) is 69.6 Å². The number of carbonyl (C=O) groups is 7. The Morgan fingerprint density at radius 3 is 2.30 bits per heavy atom. The first-order valence-corrected chi connectivity index (χ1v) is 25.8. The molecule has 0 bridgehead atoms. The Labute approximate surface area is 408 Å². The number of imide groups is 2. The zero-order valence-electron chi connectivity index (χ0n) is 39.4. The predicted octanol–water partition coefficient (Wildman–Crippen LogP) is 4.98. The molecule has 4 fully saturated rings. The highest BCUT2D eigenvalue weighted by Crippen LogP contribution is 2.35. The molecule has 366 valence electrons. The van der Waals surface area contributed by atoms with Crippen molar-refractivity contribution >= 4 is 65.0 Å². The van der Waals surface area contributed by atoms with Gasteiger partial charge >= 0.3 is 0 Å². The molecule has 18 heteroatoms. The molecule has 3 aromatic rings. The molecule has 2 N–H and O–H groups in total. The number of rotatable bonds is 19. The lowest BCUT2D eigenvalue weighted by Crippen LogP contribution is -2.54. The summed E-state index contributed by atoms with van der Waals surface area (Å²) >= 11 is 1.52. The predicted molar refractivity (Wildman–Crippen MR) is 261 cm³/mol.